The van der Waals surface area contributed by atoms with Crippen LogP contribution in [0.3, 0.4) is 0 Å². The van der Waals surface area contributed by atoms with Crippen LogP contribution in [0.5, 0.6) is 5.75 Å². The molecule has 28 heavy (non-hydrogen) atoms. The Hall–Kier alpha value is -3.42. The molecule has 8 heteroatoms. The number of ether oxygens (including phenoxy) is 1. The molecule has 0 radical (unpaired) electrons. The summed E-state index contributed by atoms with van der Waals surface area (Å²) in [4.78, 5) is 20.4. The molecule has 1 heterocycles. The van der Waals surface area contributed by atoms with E-state index < -0.39 is 11.7 Å². The maximum absolute atomic E-state index is 12.8. The van der Waals surface area contributed by atoms with Crippen LogP contribution >= 0.6 is 0 Å². The topological polar surface area (TPSA) is 64.1 Å². The zero-order valence-corrected chi connectivity index (χ0v) is 14.8. The van der Waals surface area contributed by atoms with E-state index in [1.54, 1.807) is 24.3 Å². The molecule has 0 atom stereocenters. The minimum absolute atomic E-state index is 0.0844. The molecule has 2 aromatic carbocycles. The van der Waals surface area contributed by atoms with Crippen LogP contribution in [0.4, 0.5) is 19.0 Å². The summed E-state index contributed by atoms with van der Waals surface area (Å²) in [6.07, 6.45) is -1.74. The predicted octanol–water partition coefficient (Wildman–Crippen LogP) is 4.35. The Balaban J connectivity index is 1.70. The molecule has 0 aliphatic rings. The lowest BCUT2D eigenvalue weighted by molar-refractivity contribution is -0.137. The van der Waals surface area contributed by atoms with Crippen LogP contribution in [0.1, 0.15) is 11.1 Å². The molecule has 1 N–H and O–H groups in total. The number of nitrogens with zero attached hydrogens (tertiary/aromatic N) is 2. The number of amides is 1. The first kappa shape index (κ1) is 19.3. The van der Waals surface area contributed by atoms with Gasteiger partial charge in [0.15, 0.2) is 5.82 Å². The second-order valence-electron chi connectivity index (χ2n) is 5.90. The third-order valence-corrected chi connectivity index (χ3v) is 3.95. The quantitative estimate of drug-likeness (QED) is 0.707. The summed E-state index contributed by atoms with van der Waals surface area (Å²) in [5.74, 6) is 0.491. The van der Waals surface area contributed by atoms with Gasteiger partial charge in [0, 0.05) is 11.1 Å². The van der Waals surface area contributed by atoms with E-state index in [2.05, 4.69) is 15.3 Å². The molecule has 0 saturated carbocycles. The fourth-order valence-electron chi connectivity index (χ4n) is 2.61. The second kappa shape index (κ2) is 8.08. The number of aromatic nitrogens is 2. The minimum atomic E-state index is -4.43. The lowest BCUT2D eigenvalue weighted by Crippen LogP contribution is -2.16. The van der Waals surface area contributed by atoms with Crippen molar-refractivity contribution in [2.24, 2.45) is 0 Å². The molecule has 144 valence electrons. The van der Waals surface area contributed by atoms with Gasteiger partial charge in [-0.1, -0.05) is 30.3 Å². The van der Waals surface area contributed by atoms with Crippen LogP contribution in [0.2, 0.25) is 0 Å². The van der Waals surface area contributed by atoms with E-state index >= 15 is 0 Å². The predicted molar refractivity (Wildman–Crippen MR) is 97.8 cm³/mol. The summed E-state index contributed by atoms with van der Waals surface area (Å²) >= 11 is 0. The van der Waals surface area contributed by atoms with Gasteiger partial charge in [-0.25, -0.2) is 4.98 Å². The van der Waals surface area contributed by atoms with Crippen molar-refractivity contribution in [3.8, 4) is 17.0 Å². The average Bonchev–Trinajstić information content (AvgIpc) is 2.68. The Labute approximate surface area is 159 Å². The molecule has 3 aromatic rings. The summed E-state index contributed by atoms with van der Waals surface area (Å²) in [5.41, 5.74) is 0.514. The number of anilines is 1. The average molecular weight is 387 g/mol. The fourth-order valence-corrected chi connectivity index (χ4v) is 2.61. The van der Waals surface area contributed by atoms with Crippen molar-refractivity contribution in [1.29, 1.82) is 0 Å². The Bertz CT molecular complexity index is 973. The molecule has 1 amide bonds. The van der Waals surface area contributed by atoms with Gasteiger partial charge in [0.1, 0.15) is 5.75 Å². The van der Waals surface area contributed by atoms with Crippen molar-refractivity contribution in [3.63, 3.8) is 0 Å². The van der Waals surface area contributed by atoms with Crippen molar-refractivity contribution in [2.75, 3.05) is 12.4 Å². The van der Waals surface area contributed by atoms with Gasteiger partial charge in [-0.2, -0.15) is 13.2 Å². The van der Waals surface area contributed by atoms with E-state index in [4.69, 9.17) is 4.74 Å². The lowest BCUT2D eigenvalue weighted by atomic mass is 10.1. The Morgan fingerprint density at radius 3 is 2.54 bits per heavy atom. The molecular formula is C20H16F3N3O2. The summed E-state index contributed by atoms with van der Waals surface area (Å²) in [5, 5.41) is 2.61. The van der Waals surface area contributed by atoms with E-state index in [9.17, 15) is 18.0 Å². The number of hydrogen-bond donors (Lipinski definition) is 1. The lowest BCUT2D eigenvalue weighted by Gasteiger charge is -2.10. The molecule has 0 aliphatic heterocycles. The smallest absolute Gasteiger partial charge is 0.416 e. The zero-order chi connectivity index (χ0) is 20.1. The molecule has 0 bridgehead atoms. The summed E-state index contributed by atoms with van der Waals surface area (Å²) in [7, 11) is 1.52. The number of benzene rings is 2. The Morgan fingerprint density at radius 1 is 1.07 bits per heavy atom. The van der Waals surface area contributed by atoms with Crippen LogP contribution in [-0.2, 0) is 17.4 Å². The molecule has 0 saturated heterocycles. The second-order valence-corrected chi connectivity index (χ2v) is 5.90. The number of halogens is 3. The largest absolute Gasteiger partial charge is 0.496 e. The highest BCUT2D eigenvalue weighted by molar-refractivity contribution is 5.91. The van der Waals surface area contributed by atoms with Crippen LogP contribution in [0, 0.1) is 0 Å². The number of carbonyl (C=O) groups is 1. The van der Waals surface area contributed by atoms with Crippen molar-refractivity contribution >= 4 is 11.7 Å². The van der Waals surface area contributed by atoms with Crippen molar-refractivity contribution < 1.29 is 22.7 Å². The van der Waals surface area contributed by atoms with Crippen LogP contribution < -0.4 is 10.1 Å². The molecule has 0 fully saturated rings. The van der Waals surface area contributed by atoms with Gasteiger partial charge >= 0.3 is 6.18 Å². The highest BCUT2D eigenvalue weighted by Crippen LogP contribution is 2.31. The van der Waals surface area contributed by atoms with Crippen molar-refractivity contribution in [2.45, 2.75) is 12.6 Å². The van der Waals surface area contributed by atoms with Gasteiger partial charge < -0.3 is 10.1 Å². The van der Waals surface area contributed by atoms with Gasteiger partial charge in [-0.3, -0.25) is 9.78 Å². The number of rotatable bonds is 5. The first-order valence-corrected chi connectivity index (χ1v) is 8.28. The molecule has 0 spiro atoms. The highest BCUT2D eigenvalue weighted by atomic mass is 19.4. The third-order valence-electron chi connectivity index (χ3n) is 3.95. The van der Waals surface area contributed by atoms with Gasteiger partial charge in [-0.05, 0) is 18.2 Å². The summed E-state index contributed by atoms with van der Waals surface area (Å²) in [6, 6.07) is 12.0. The van der Waals surface area contributed by atoms with E-state index in [0.29, 0.717) is 5.75 Å². The number of methoxy groups -OCH3 is 1. The SMILES string of the molecule is COc1ccccc1CC(=O)Nc1cnc(-c2cccc(C(F)(F)F)c2)cn1. The van der Waals surface area contributed by atoms with Crippen LogP contribution in [0.15, 0.2) is 60.9 Å². The molecule has 1 aromatic heterocycles. The number of carbonyl (C=O) groups excluding carboxylic acids is 1. The van der Waals surface area contributed by atoms with Crippen LogP contribution in [-0.4, -0.2) is 23.0 Å². The van der Waals surface area contributed by atoms with Gasteiger partial charge in [0.25, 0.3) is 0 Å². The monoisotopic (exact) mass is 387 g/mol. The third kappa shape index (κ3) is 4.64. The fraction of sp³-hybridized carbons (Fsp3) is 0.150. The molecule has 5 nitrogen and oxygen atoms in total. The minimum Gasteiger partial charge on any atom is -0.496 e. The Kier molecular flexibility index (Phi) is 5.58. The highest BCUT2D eigenvalue weighted by Gasteiger charge is 2.30. The van der Waals surface area contributed by atoms with Crippen LogP contribution in [0.25, 0.3) is 11.3 Å². The van der Waals surface area contributed by atoms with Gasteiger partial charge in [0.2, 0.25) is 5.91 Å². The summed E-state index contributed by atoms with van der Waals surface area (Å²) in [6.45, 7) is 0. The van der Waals surface area contributed by atoms with Crippen molar-refractivity contribution in [3.05, 3.63) is 72.1 Å². The molecular weight excluding hydrogens is 371 g/mol. The zero-order valence-electron chi connectivity index (χ0n) is 14.8. The maximum atomic E-state index is 12.8. The first-order chi connectivity index (χ1) is 13.4. The molecule has 3 rings (SSSR count). The Morgan fingerprint density at radius 2 is 1.86 bits per heavy atom. The van der Waals surface area contributed by atoms with E-state index in [1.807, 2.05) is 0 Å². The number of hydrogen-bond acceptors (Lipinski definition) is 4. The number of para-hydroxylation sites is 1. The van der Waals surface area contributed by atoms with Gasteiger partial charge in [-0.15, -0.1) is 0 Å². The van der Waals surface area contributed by atoms with Crippen molar-refractivity contribution in [1.82, 2.24) is 9.97 Å². The standard InChI is InChI=1S/C20H16F3N3O2/c1-28-17-8-3-2-5-14(17)10-19(27)26-18-12-24-16(11-25-18)13-6-4-7-15(9-13)20(21,22)23/h2-9,11-12H,10H2,1H3,(H,25,26,27). The van der Waals surface area contributed by atoms with Gasteiger partial charge in [0.05, 0.1) is 37.2 Å². The number of nitrogens with one attached hydrogen (secondary N) is 1. The maximum Gasteiger partial charge on any atom is 0.416 e. The first-order valence-electron chi connectivity index (χ1n) is 8.28. The molecule has 0 unspecified atom stereocenters. The van der Waals surface area contributed by atoms with E-state index in [1.165, 1.54) is 31.6 Å². The normalized spacial score (nSPS) is 11.1. The van der Waals surface area contributed by atoms with E-state index in [0.717, 1.165) is 17.7 Å². The number of alkyl halides is 3. The molecule has 0 aliphatic carbocycles. The van der Waals surface area contributed by atoms with E-state index in [-0.39, 0.29) is 29.4 Å². The summed E-state index contributed by atoms with van der Waals surface area (Å²) < 4.78 is 43.7.